The Kier molecular flexibility index (Phi) is 6.97. The molecule has 0 aliphatic heterocycles. The first kappa shape index (κ1) is 22.7. The number of hydrogen-bond donors (Lipinski definition) is 3. The van der Waals surface area contributed by atoms with Gasteiger partial charge in [-0.1, -0.05) is 59.8 Å². The number of ether oxygens (including phenoxy) is 1. The molecule has 1 aromatic heterocycles. The van der Waals surface area contributed by atoms with Gasteiger partial charge in [-0.05, 0) is 22.3 Å². The van der Waals surface area contributed by atoms with Crippen molar-refractivity contribution >= 4 is 18.0 Å². The Labute approximate surface area is 195 Å². The number of alkyl carbamates (subject to hydrolysis) is 1. The molecule has 0 radical (unpaired) electrons. The van der Waals surface area contributed by atoms with Gasteiger partial charge in [-0.15, -0.1) is 5.10 Å². The third kappa shape index (κ3) is 5.47. The Morgan fingerprint density at radius 1 is 1.03 bits per heavy atom. The first-order chi connectivity index (χ1) is 16.5. The Balaban J connectivity index is 1.19. The summed E-state index contributed by atoms with van der Waals surface area (Å²) >= 11 is 0. The molecule has 174 valence electrons. The van der Waals surface area contributed by atoms with E-state index in [1.807, 2.05) is 24.3 Å². The van der Waals surface area contributed by atoms with Gasteiger partial charge in [0.25, 0.3) is 0 Å². The molecule has 0 atom stereocenters. The van der Waals surface area contributed by atoms with Gasteiger partial charge in [0.15, 0.2) is 0 Å². The van der Waals surface area contributed by atoms with Crippen LogP contribution < -0.4 is 10.6 Å². The number of amides is 2. The number of rotatable bonds is 9. The maximum Gasteiger partial charge on any atom is 0.407 e. The van der Waals surface area contributed by atoms with Gasteiger partial charge in [0.1, 0.15) is 18.8 Å². The molecule has 3 N–H and O–H groups in total. The summed E-state index contributed by atoms with van der Waals surface area (Å²) in [5.41, 5.74) is 5.02. The zero-order valence-corrected chi connectivity index (χ0v) is 18.2. The summed E-state index contributed by atoms with van der Waals surface area (Å²) in [5.74, 6) is -1.44. The van der Waals surface area contributed by atoms with Crippen molar-refractivity contribution in [3.05, 3.63) is 83.7 Å². The van der Waals surface area contributed by atoms with Crippen LogP contribution in [0, 0.1) is 0 Å². The van der Waals surface area contributed by atoms with Gasteiger partial charge in [-0.25, -0.2) is 9.48 Å². The van der Waals surface area contributed by atoms with Crippen LogP contribution in [0.15, 0.2) is 66.9 Å². The largest absolute Gasteiger partial charge is 0.480 e. The van der Waals surface area contributed by atoms with Crippen LogP contribution in [-0.4, -0.2) is 51.2 Å². The lowest BCUT2D eigenvalue weighted by molar-refractivity contribution is -0.137. The minimum absolute atomic E-state index is 0.0204. The summed E-state index contributed by atoms with van der Waals surface area (Å²) in [6.07, 6.45) is 3.65. The van der Waals surface area contributed by atoms with Gasteiger partial charge < -0.3 is 20.5 Å². The number of benzene rings is 2. The van der Waals surface area contributed by atoms with E-state index in [4.69, 9.17) is 9.84 Å². The maximum absolute atomic E-state index is 12.1. The highest BCUT2D eigenvalue weighted by Crippen LogP contribution is 2.44. The van der Waals surface area contributed by atoms with Crippen molar-refractivity contribution in [2.75, 3.05) is 13.2 Å². The molecule has 1 heterocycles. The van der Waals surface area contributed by atoms with Crippen LogP contribution in [0.25, 0.3) is 11.1 Å². The number of fused-ring (bicyclic) bond motifs is 3. The Hall–Kier alpha value is -4.47. The summed E-state index contributed by atoms with van der Waals surface area (Å²) in [6, 6.07) is 16.2. The third-order valence-electron chi connectivity index (χ3n) is 5.30. The summed E-state index contributed by atoms with van der Waals surface area (Å²) in [4.78, 5) is 34.7. The number of nitrogens with one attached hydrogen (secondary N) is 2. The number of aromatic nitrogens is 3. The SMILES string of the molecule is O=C(O)Cn1cc(CNC(=O)/C=C/CNC(=O)OCC2c3ccccc3-c3ccccc32)nn1. The zero-order chi connectivity index (χ0) is 23.9. The number of nitrogens with zero attached hydrogens (tertiary/aromatic N) is 3. The minimum atomic E-state index is -1.03. The number of carbonyl (C=O) groups is 3. The van der Waals surface area contributed by atoms with E-state index < -0.39 is 12.1 Å². The molecule has 0 fully saturated rings. The van der Waals surface area contributed by atoms with E-state index in [-0.39, 0.29) is 38.1 Å². The molecule has 4 rings (SSSR count). The van der Waals surface area contributed by atoms with Crippen molar-refractivity contribution in [2.24, 2.45) is 0 Å². The van der Waals surface area contributed by atoms with E-state index in [1.54, 1.807) is 0 Å². The van der Waals surface area contributed by atoms with Crippen LogP contribution >= 0.6 is 0 Å². The van der Waals surface area contributed by atoms with Gasteiger partial charge >= 0.3 is 12.1 Å². The van der Waals surface area contributed by atoms with Crippen LogP contribution in [0.2, 0.25) is 0 Å². The fourth-order valence-corrected chi connectivity index (χ4v) is 3.83. The Morgan fingerprint density at radius 3 is 2.38 bits per heavy atom. The van der Waals surface area contributed by atoms with E-state index in [0.717, 1.165) is 26.9 Å². The molecule has 0 bridgehead atoms. The third-order valence-corrected chi connectivity index (χ3v) is 5.30. The lowest BCUT2D eigenvalue weighted by Gasteiger charge is -2.14. The normalized spacial score (nSPS) is 12.2. The molecule has 10 nitrogen and oxygen atoms in total. The van der Waals surface area contributed by atoms with E-state index in [1.165, 1.54) is 18.3 Å². The van der Waals surface area contributed by atoms with Crippen molar-refractivity contribution < 1.29 is 24.2 Å². The standard InChI is InChI=1S/C24H23N5O5/c30-22(26-12-16-13-29(28-27-16)14-23(31)32)10-5-11-25-24(33)34-15-21-19-8-3-1-6-17(19)18-7-2-4-9-20(18)21/h1-10,13,21H,11-12,14-15H2,(H,25,33)(H,26,30)(H,31,32)/b10-5+. The Bertz CT molecular complexity index is 1190. The quantitative estimate of drug-likeness (QED) is 0.415. The molecular weight excluding hydrogens is 438 g/mol. The molecule has 0 saturated carbocycles. The zero-order valence-electron chi connectivity index (χ0n) is 18.2. The van der Waals surface area contributed by atoms with Gasteiger partial charge in [0.2, 0.25) is 5.91 Å². The summed E-state index contributed by atoms with van der Waals surface area (Å²) in [5, 5.41) is 21.3. The molecule has 34 heavy (non-hydrogen) atoms. The number of hydrogen-bond acceptors (Lipinski definition) is 6. The first-order valence-corrected chi connectivity index (χ1v) is 10.7. The summed E-state index contributed by atoms with van der Waals surface area (Å²) in [7, 11) is 0. The second kappa shape index (κ2) is 10.4. The molecule has 0 spiro atoms. The molecule has 2 amide bonds. The molecule has 0 saturated heterocycles. The molecule has 1 aliphatic carbocycles. The molecule has 0 unspecified atom stereocenters. The van der Waals surface area contributed by atoms with Crippen molar-refractivity contribution in [3.8, 4) is 11.1 Å². The monoisotopic (exact) mass is 461 g/mol. The lowest BCUT2D eigenvalue weighted by atomic mass is 9.98. The lowest BCUT2D eigenvalue weighted by Crippen LogP contribution is -2.26. The van der Waals surface area contributed by atoms with Crippen LogP contribution in [0.1, 0.15) is 22.7 Å². The highest BCUT2D eigenvalue weighted by Gasteiger charge is 2.28. The maximum atomic E-state index is 12.1. The number of aliphatic carboxylic acids is 1. The predicted octanol–water partition coefficient (Wildman–Crippen LogP) is 2.07. The van der Waals surface area contributed by atoms with Gasteiger partial charge in [-0.3, -0.25) is 9.59 Å². The fraction of sp³-hybridized carbons (Fsp3) is 0.208. The van der Waals surface area contributed by atoms with Crippen LogP contribution in [0.3, 0.4) is 0 Å². The van der Waals surface area contributed by atoms with Crippen LogP contribution in [0.5, 0.6) is 0 Å². The van der Waals surface area contributed by atoms with Gasteiger partial charge in [0, 0.05) is 18.5 Å². The molecule has 2 aromatic carbocycles. The van der Waals surface area contributed by atoms with Gasteiger partial charge in [-0.2, -0.15) is 0 Å². The van der Waals surface area contributed by atoms with Crippen LogP contribution in [0.4, 0.5) is 4.79 Å². The number of carbonyl (C=O) groups excluding carboxylic acids is 2. The van der Waals surface area contributed by atoms with Crippen molar-refractivity contribution in [2.45, 2.75) is 19.0 Å². The summed E-state index contributed by atoms with van der Waals surface area (Å²) in [6.45, 7) is 0.135. The number of carboxylic acids is 1. The molecular formula is C24H23N5O5. The smallest absolute Gasteiger partial charge is 0.407 e. The summed E-state index contributed by atoms with van der Waals surface area (Å²) < 4.78 is 6.60. The van der Waals surface area contributed by atoms with E-state index in [0.29, 0.717) is 5.69 Å². The number of carboxylic acid groups (broad SMARTS) is 1. The van der Waals surface area contributed by atoms with Crippen molar-refractivity contribution in [3.63, 3.8) is 0 Å². The highest BCUT2D eigenvalue weighted by molar-refractivity contribution is 5.87. The van der Waals surface area contributed by atoms with Crippen molar-refractivity contribution in [1.29, 1.82) is 0 Å². The van der Waals surface area contributed by atoms with Gasteiger partial charge in [0.05, 0.1) is 12.7 Å². The van der Waals surface area contributed by atoms with E-state index in [2.05, 4.69) is 45.2 Å². The highest BCUT2D eigenvalue weighted by atomic mass is 16.5. The van der Waals surface area contributed by atoms with E-state index in [9.17, 15) is 14.4 Å². The molecule has 3 aromatic rings. The Morgan fingerprint density at radius 2 is 1.71 bits per heavy atom. The topological polar surface area (TPSA) is 135 Å². The fourth-order valence-electron chi connectivity index (χ4n) is 3.83. The van der Waals surface area contributed by atoms with E-state index >= 15 is 0 Å². The minimum Gasteiger partial charge on any atom is -0.480 e. The second-order valence-corrected chi connectivity index (χ2v) is 7.63. The average Bonchev–Trinajstić information content (AvgIpc) is 3.41. The first-order valence-electron chi connectivity index (χ1n) is 10.7. The second-order valence-electron chi connectivity index (χ2n) is 7.63. The molecule has 1 aliphatic rings. The predicted molar refractivity (Wildman–Crippen MR) is 122 cm³/mol. The molecule has 10 heteroatoms. The van der Waals surface area contributed by atoms with Crippen molar-refractivity contribution in [1.82, 2.24) is 25.6 Å². The van der Waals surface area contributed by atoms with Crippen LogP contribution in [-0.2, 0) is 27.4 Å². The average molecular weight is 461 g/mol.